The molecule has 2 aromatic rings. The van der Waals surface area contributed by atoms with Crippen molar-refractivity contribution in [2.45, 2.75) is 18.4 Å². The minimum Gasteiger partial charge on any atom is -0.545 e. The van der Waals surface area contributed by atoms with Crippen LogP contribution in [0.1, 0.15) is 39.9 Å². The summed E-state index contributed by atoms with van der Waals surface area (Å²) in [6.07, 6.45) is 5.34. The lowest BCUT2D eigenvalue weighted by Crippen LogP contribution is -2.30. The molecular weight excluding hydrogens is 302 g/mol. The fourth-order valence-electron chi connectivity index (χ4n) is 3.89. The summed E-state index contributed by atoms with van der Waals surface area (Å²) in [6, 6.07) is 13.5. The van der Waals surface area contributed by atoms with Crippen molar-refractivity contribution in [1.82, 2.24) is 0 Å². The third-order valence-corrected chi connectivity index (χ3v) is 5.05. The van der Waals surface area contributed by atoms with Gasteiger partial charge in [0.1, 0.15) is 5.75 Å². The molecule has 0 amide bonds. The number of hydrogen-bond acceptors (Lipinski definition) is 4. The van der Waals surface area contributed by atoms with Crippen LogP contribution in [0.4, 0.5) is 5.69 Å². The van der Waals surface area contributed by atoms with Crippen LogP contribution in [0.25, 0.3) is 0 Å². The summed E-state index contributed by atoms with van der Waals surface area (Å²) in [5, 5.41) is 14.8. The maximum atomic E-state index is 11.2. The number of allylic oxidation sites excluding steroid dienone is 2. The predicted octanol–water partition coefficient (Wildman–Crippen LogP) is 2.89. The maximum Gasteiger partial charge on any atom is 0.119 e. The minimum absolute atomic E-state index is 0.168. The Bertz CT molecular complexity index is 827. The van der Waals surface area contributed by atoms with Gasteiger partial charge in [-0.25, -0.2) is 0 Å². The number of benzene rings is 2. The van der Waals surface area contributed by atoms with E-state index in [1.165, 1.54) is 5.56 Å². The van der Waals surface area contributed by atoms with Crippen molar-refractivity contribution < 1.29 is 14.6 Å². The molecule has 0 bridgehead atoms. The summed E-state index contributed by atoms with van der Waals surface area (Å²) in [6.45, 7) is 0. The van der Waals surface area contributed by atoms with Crippen molar-refractivity contribution in [2.75, 3.05) is 12.4 Å². The Kier molecular flexibility index (Phi) is 3.53. The third-order valence-electron chi connectivity index (χ3n) is 5.05. The molecule has 0 spiro atoms. The molecule has 3 atom stereocenters. The molecule has 1 heterocycles. The Hall–Kier alpha value is -2.75. The smallest absolute Gasteiger partial charge is 0.119 e. The second kappa shape index (κ2) is 5.71. The van der Waals surface area contributed by atoms with E-state index < -0.39 is 5.97 Å². The summed E-state index contributed by atoms with van der Waals surface area (Å²) in [5.41, 5.74) is 3.44. The highest BCUT2D eigenvalue weighted by Gasteiger charge is 2.38. The highest BCUT2D eigenvalue weighted by Crippen LogP contribution is 2.50. The average molecular weight is 320 g/mol. The van der Waals surface area contributed by atoms with E-state index in [0.717, 1.165) is 23.4 Å². The van der Waals surface area contributed by atoms with Crippen molar-refractivity contribution in [3.63, 3.8) is 0 Å². The summed E-state index contributed by atoms with van der Waals surface area (Å²) in [4.78, 5) is 11.2. The number of nitrogens with one attached hydrogen (secondary N) is 1. The Morgan fingerprint density at radius 3 is 2.92 bits per heavy atom. The van der Waals surface area contributed by atoms with E-state index >= 15 is 0 Å². The van der Waals surface area contributed by atoms with Crippen molar-refractivity contribution in [1.29, 1.82) is 0 Å². The molecule has 1 N–H and O–H groups in total. The number of anilines is 1. The van der Waals surface area contributed by atoms with Crippen LogP contribution in [0.15, 0.2) is 54.6 Å². The zero-order chi connectivity index (χ0) is 16.7. The molecule has 2 aliphatic rings. The number of methoxy groups -OCH3 is 1. The Balaban J connectivity index is 1.76. The van der Waals surface area contributed by atoms with Gasteiger partial charge in [-0.3, -0.25) is 0 Å². The van der Waals surface area contributed by atoms with Gasteiger partial charge in [-0.05, 0) is 53.3 Å². The summed E-state index contributed by atoms with van der Waals surface area (Å²) in [5.74, 6) is 0.291. The Labute approximate surface area is 140 Å². The van der Waals surface area contributed by atoms with Gasteiger partial charge in [0.2, 0.25) is 0 Å². The summed E-state index contributed by atoms with van der Waals surface area (Å²) >= 11 is 0. The highest BCUT2D eigenvalue weighted by atomic mass is 16.5. The zero-order valence-electron chi connectivity index (χ0n) is 13.4. The number of rotatable bonds is 3. The van der Waals surface area contributed by atoms with E-state index in [4.69, 9.17) is 4.74 Å². The van der Waals surface area contributed by atoms with Crippen LogP contribution in [0.5, 0.6) is 5.75 Å². The molecule has 24 heavy (non-hydrogen) atoms. The maximum absolute atomic E-state index is 11.2. The van der Waals surface area contributed by atoms with Gasteiger partial charge < -0.3 is 20.0 Å². The number of fused-ring (bicyclic) bond motifs is 3. The number of hydrogen-bond donors (Lipinski definition) is 1. The first kappa shape index (κ1) is 14.8. The quantitative estimate of drug-likeness (QED) is 0.883. The van der Waals surface area contributed by atoms with Crippen LogP contribution in [0, 0.1) is 5.92 Å². The summed E-state index contributed by atoms with van der Waals surface area (Å²) in [7, 11) is 1.67. The molecule has 4 rings (SSSR count). The molecule has 0 aromatic heterocycles. The molecule has 1 aliphatic heterocycles. The summed E-state index contributed by atoms with van der Waals surface area (Å²) < 4.78 is 5.35. The lowest BCUT2D eigenvalue weighted by atomic mass is 9.76. The molecule has 2 aromatic carbocycles. The Morgan fingerprint density at radius 2 is 2.12 bits per heavy atom. The van der Waals surface area contributed by atoms with Crippen LogP contribution in [-0.2, 0) is 0 Å². The average Bonchev–Trinajstić information content (AvgIpc) is 3.10. The largest absolute Gasteiger partial charge is 0.545 e. The molecule has 4 heteroatoms. The van der Waals surface area contributed by atoms with Crippen molar-refractivity contribution >= 4 is 11.7 Å². The fourth-order valence-corrected chi connectivity index (χ4v) is 3.89. The molecule has 0 unspecified atom stereocenters. The molecular formula is C20H18NO3-. The fraction of sp³-hybridized carbons (Fsp3) is 0.250. The number of carboxylic acids is 1. The van der Waals surface area contributed by atoms with Gasteiger partial charge in [-0.1, -0.05) is 30.4 Å². The molecule has 122 valence electrons. The van der Waals surface area contributed by atoms with Crippen LogP contribution in [0.3, 0.4) is 0 Å². The first-order valence-corrected chi connectivity index (χ1v) is 8.10. The van der Waals surface area contributed by atoms with E-state index in [0.29, 0.717) is 5.92 Å². The van der Waals surface area contributed by atoms with E-state index in [9.17, 15) is 9.90 Å². The standard InChI is InChI=1S/C20H19NO3/c1-24-14-5-2-4-12(10-14)19-16-7-3-6-15(16)17-11-13(20(22)23)8-9-18(17)21-19/h2-6,8-11,15-16,19,21H,7H2,1H3,(H,22,23)/p-1/t15-,16-,19+/m0/s1. The second-order valence-corrected chi connectivity index (χ2v) is 6.34. The second-order valence-electron chi connectivity index (χ2n) is 6.34. The first-order chi connectivity index (χ1) is 11.7. The topological polar surface area (TPSA) is 61.4 Å². The SMILES string of the molecule is COc1cccc([C@H]2Nc3ccc(C(=O)[O-])cc3[C@H]3C=CC[C@@H]32)c1. The van der Waals surface area contributed by atoms with E-state index in [1.54, 1.807) is 19.2 Å². The third kappa shape index (κ3) is 2.35. The predicted molar refractivity (Wildman–Crippen MR) is 90.1 cm³/mol. The molecule has 1 aliphatic carbocycles. The lowest BCUT2D eigenvalue weighted by molar-refractivity contribution is -0.255. The van der Waals surface area contributed by atoms with Crippen molar-refractivity contribution in [2.24, 2.45) is 5.92 Å². The minimum atomic E-state index is -1.13. The lowest BCUT2D eigenvalue weighted by Gasteiger charge is -2.38. The number of aromatic carboxylic acids is 1. The molecule has 0 saturated heterocycles. The van der Waals surface area contributed by atoms with Gasteiger partial charge in [0.15, 0.2) is 0 Å². The van der Waals surface area contributed by atoms with Gasteiger partial charge in [0.25, 0.3) is 0 Å². The number of ether oxygens (including phenoxy) is 1. The number of carboxylic acid groups (broad SMARTS) is 1. The number of carbonyl (C=O) groups is 1. The van der Waals surface area contributed by atoms with Crippen molar-refractivity contribution in [3.05, 3.63) is 71.3 Å². The van der Waals surface area contributed by atoms with Gasteiger partial charge in [0.05, 0.1) is 19.1 Å². The monoisotopic (exact) mass is 320 g/mol. The molecule has 0 fully saturated rings. The van der Waals surface area contributed by atoms with Crippen LogP contribution >= 0.6 is 0 Å². The zero-order valence-corrected chi connectivity index (χ0v) is 13.4. The van der Waals surface area contributed by atoms with Crippen LogP contribution < -0.4 is 15.2 Å². The van der Waals surface area contributed by atoms with E-state index in [1.807, 2.05) is 18.2 Å². The molecule has 0 saturated carbocycles. The van der Waals surface area contributed by atoms with Gasteiger partial charge in [-0.15, -0.1) is 0 Å². The van der Waals surface area contributed by atoms with Crippen molar-refractivity contribution in [3.8, 4) is 5.75 Å². The van der Waals surface area contributed by atoms with E-state index in [-0.39, 0.29) is 17.5 Å². The van der Waals surface area contributed by atoms with Gasteiger partial charge in [0, 0.05) is 11.6 Å². The van der Waals surface area contributed by atoms with Gasteiger partial charge >= 0.3 is 0 Å². The van der Waals surface area contributed by atoms with Crippen LogP contribution in [0.2, 0.25) is 0 Å². The molecule has 0 radical (unpaired) electrons. The van der Waals surface area contributed by atoms with Gasteiger partial charge in [-0.2, -0.15) is 0 Å². The highest BCUT2D eigenvalue weighted by molar-refractivity contribution is 5.87. The van der Waals surface area contributed by atoms with Crippen LogP contribution in [-0.4, -0.2) is 13.1 Å². The number of carbonyl (C=O) groups excluding carboxylic acids is 1. The Morgan fingerprint density at radius 1 is 1.25 bits per heavy atom. The molecule has 4 nitrogen and oxygen atoms in total. The first-order valence-electron chi connectivity index (χ1n) is 8.10. The normalized spacial score (nSPS) is 24.0. The van der Waals surface area contributed by atoms with E-state index in [2.05, 4.69) is 29.6 Å².